The van der Waals surface area contributed by atoms with Gasteiger partial charge in [0.2, 0.25) is 17.1 Å². The maximum atomic E-state index is 13.0. The van der Waals surface area contributed by atoms with Crippen LogP contribution in [-0.4, -0.2) is 179 Å². The van der Waals surface area contributed by atoms with E-state index in [4.69, 9.17) is 47.1 Å². The van der Waals surface area contributed by atoms with Crippen molar-refractivity contribution in [3.63, 3.8) is 0 Å². The second-order valence-electron chi connectivity index (χ2n) is 19.5. The molecule has 3 aliphatic rings. The van der Waals surface area contributed by atoms with Crippen molar-refractivity contribution in [1.29, 1.82) is 0 Å². The largest absolute Gasteiger partial charge is 0.492 e. The molecule has 0 saturated heterocycles. The molecule has 3 heterocycles. The van der Waals surface area contributed by atoms with Crippen LogP contribution >= 0.6 is 0 Å². The Hall–Kier alpha value is -5.22. The summed E-state index contributed by atoms with van der Waals surface area (Å²) in [4.78, 5) is 19.6. The Morgan fingerprint density at radius 3 is 1.79 bits per heavy atom. The molecule has 1 atom stereocenters. The van der Waals surface area contributed by atoms with Crippen LogP contribution in [-0.2, 0) is 73.8 Å². The van der Waals surface area contributed by atoms with Crippen molar-refractivity contribution in [2.45, 2.75) is 69.1 Å². The second-order valence-corrected chi connectivity index (χ2v) is 22.5. The number of nitrogens with zero attached hydrogens (tertiary/aromatic N) is 3. The molecule has 2 aromatic rings. The van der Waals surface area contributed by atoms with Crippen LogP contribution in [0.4, 0.5) is 5.69 Å². The maximum absolute atomic E-state index is 13.0. The van der Waals surface area contributed by atoms with E-state index in [2.05, 4.69) is 25.3 Å². The van der Waals surface area contributed by atoms with Crippen molar-refractivity contribution >= 4 is 38.0 Å². The summed E-state index contributed by atoms with van der Waals surface area (Å²) < 4.78 is 122. The van der Waals surface area contributed by atoms with Crippen molar-refractivity contribution in [2.24, 2.45) is 0 Å². The molecule has 0 saturated carbocycles. The van der Waals surface area contributed by atoms with E-state index >= 15 is 0 Å². The Morgan fingerprint density at radius 2 is 1.27 bits per heavy atom. The number of carbonyl (C=O) groups is 1. The zero-order valence-corrected chi connectivity index (χ0v) is 47.2. The summed E-state index contributed by atoms with van der Waals surface area (Å²) in [6.07, 6.45) is 5.49. The molecule has 0 bridgehead atoms. The molecule has 22 nitrogen and oxygen atoms in total. The molecule has 0 amide bonds. The molecule has 78 heavy (non-hydrogen) atoms. The lowest BCUT2D eigenvalue weighted by atomic mass is 9.77. The van der Waals surface area contributed by atoms with Crippen molar-refractivity contribution in [1.82, 2.24) is 9.31 Å². The lowest BCUT2D eigenvalue weighted by Gasteiger charge is -2.30. The third-order valence-electron chi connectivity index (χ3n) is 12.7. The fraction of sp³-hybridized carbons (Fsp3) is 0.556. The van der Waals surface area contributed by atoms with E-state index in [9.17, 15) is 40.9 Å². The number of aromatic nitrogens is 1. The lowest BCUT2D eigenvalue weighted by molar-refractivity contribution is -0.145. The summed E-state index contributed by atoms with van der Waals surface area (Å²) in [5, 5.41) is 20.9. The third kappa shape index (κ3) is 19.8. The van der Waals surface area contributed by atoms with E-state index in [0.29, 0.717) is 139 Å². The molecule has 2 aliphatic heterocycles. The average Bonchev–Trinajstić information content (AvgIpc) is 3.98. The number of ether oxygens (including phenoxy) is 8. The predicted molar refractivity (Wildman–Crippen MR) is 290 cm³/mol. The Bertz CT molecular complexity index is 2810. The zero-order chi connectivity index (χ0) is 56.8. The molecule has 434 valence electrons. The van der Waals surface area contributed by atoms with Gasteiger partial charge in [-0.1, -0.05) is 26.8 Å². The number of carbonyl (C=O) groups excluding carboxylic acids is 1. The molecule has 1 aromatic heterocycles. The number of methoxy groups -OCH3 is 2. The fourth-order valence-electron chi connectivity index (χ4n) is 8.75. The standard InChI is InChI=1S/C54H77N3O19S2/c1-53(2,3)45-39-42(75-48-38-41(13-15-44(45)48)55(21-23-69-29-31-73-35-33-71-27-25-67-5)22-24-70-30-32-74-36-34-72-28-26-68-6)10-7-11-49-54(4,19-8-12-52(60)76-57-50(58)17-18-51(57)59)46-40-43(78(64,65)66)14-16-47(46)56(49)20-9-37-77(61,62)63/h7,10-11,13-18,38-40H,8-9,12,19-37H2,1-6H3,(H3-,58,59,61,62,63,64,65,66)/p+1. The van der Waals surface area contributed by atoms with Crippen LogP contribution in [0.5, 0.6) is 11.8 Å². The van der Waals surface area contributed by atoms with E-state index in [1.54, 1.807) is 32.4 Å². The first-order chi connectivity index (χ1) is 37.2. The summed E-state index contributed by atoms with van der Waals surface area (Å²) >= 11 is 0. The lowest BCUT2D eigenvalue weighted by Crippen LogP contribution is -2.36. The first-order valence-corrected chi connectivity index (χ1v) is 28.9. The molecule has 0 radical (unpaired) electrons. The van der Waals surface area contributed by atoms with Crippen LogP contribution in [0, 0.1) is 0 Å². The van der Waals surface area contributed by atoms with Gasteiger partial charge in [-0.05, 0) is 85.2 Å². The van der Waals surface area contributed by atoms with E-state index in [0.717, 1.165) is 28.6 Å². The van der Waals surface area contributed by atoms with E-state index in [1.165, 1.54) is 18.2 Å². The monoisotopic (exact) mass is 1140 g/mol. The second kappa shape index (κ2) is 31.0. The van der Waals surface area contributed by atoms with Crippen LogP contribution in [0.25, 0.3) is 17.4 Å². The molecule has 24 heteroatoms. The van der Waals surface area contributed by atoms with Gasteiger partial charge < -0.3 is 62.3 Å². The van der Waals surface area contributed by atoms with Gasteiger partial charge in [0.1, 0.15) is 24.7 Å². The highest BCUT2D eigenvalue weighted by Crippen LogP contribution is 2.51. The van der Waals surface area contributed by atoms with Gasteiger partial charge >= 0.3 is 5.97 Å². The Balaban J connectivity index is 1.47. The van der Waals surface area contributed by atoms with Gasteiger partial charge in [-0.25, -0.2) is 9.37 Å². The highest BCUT2D eigenvalue weighted by atomic mass is 32.2. The van der Waals surface area contributed by atoms with Crippen LogP contribution in [0.15, 0.2) is 81.8 Å². The molecular formula is C54H78N3O19S2+. The molecule has 1 unspecified atom stereocenters. The highest BCUT2D eigenvalue weighted by molar-refractivity contribution is 7.86. The SMILES string of the molecule is COCCOCCOCCOCC[N+](CCOCCOCCOCCOC)=c1ccc2c(C(C)(C)C)cc(C=CC=C3N(CCCS(=O)(=O)O)c4ccc(S(=O)(=O)O)cc4C3(C)CCCC(=O)On3c(O)ccc3O)oc-2c1. The summed E-state index contributed by atoms with van der Waals surface area (Å²) in [5.41, 5.74) is 2.07. The van der Waals surface area contributed by atoms with Crippen molar-refractivity contribution in [3.05, 3.63) is 94.7 Å². The van der Waals surface area contributed by atoms with Gasteiger partial charge in [0, 0.05) is 67.7 Å². The summed E-state index contributed by atoms with van der Waals surface area (Å²) in [7, 11) is -5.79. The van der Waals surface area contributed by atoms with Crippen molar-refractivity contribution < 1.29 is 88.1 Å². The number of hydrogen-bond donors (Lipinski definition) is 4. The van der Waals surface area contributed by atoms with Crippen LogP contribution < -0.4 is 19.7 Å². The Labute approximate surface area is 457 Å². The van der Waals surface area contributed by atoms with Crippen molar-refractivity contribution in [3.8, 4) is 23.1 Å². The smallest absolute Gasteiger partial charge is 0.333 e. The summed E-state index contributed by atoms with van der Waals surface area (Å²) in [5.74, 6) is -1.21. The molecular weight excluding hydrogens is 1060 g/mol. The molecule has 0 fully saturated rings. The number of fused-ring (bicyclic) bond motifs is 2. The third-order valence-corrected chi connectivity index (χ3v) is 14.3. The number of anilines is 1. The molecule has 4 N–H and O–H groups in total. The van der Waals surface area contributed by atoms with Gasteiger partial charge in [0.25, 0.3) is 20.2 Å². The number of rotatable bonds is 36. The number of benzene rings is 2. The topological polar surface area (TPSA) is 274 Å². The van der Waals surface area contributed by atoms with Crippen LogP contribution in [0.2, 0.25) is 0 Å². The predicted octanol–water partition coefficient (Wildman–Crippen LogP) is 5.08. The summed E-state index contributed by atoms with van der Waals surface area (Å²) in [6, 6.07) is 14.5. The number of aromatic hydroxyl groups is 2. The highest BCUT2D eigenvalue weighted by Gasteiger charge is 2.44. The minimum absolute atomic E-state index is 0.0151. The molecule has 5 rings (SSSR count). The normalized spacial score (nSPS) is 15.5. The van der Waals surface area contributed by atoms with E-state index in [1.807, 2.05) is 36.1 Å². The quantitative estimate of drug-likeness (QED) is 0.0262. The van der Waals surface area contributed by atoms with E-state index < -0.39 is 49.1 Å². The minimum atomic E-state index is -4.68. The van der Waals surface area contributed by atoms with Crippen LogP contribution in [0.1, 0.15) is 70.3 Å². The maximum Gasteiger partial charge on any atom is 0.333 e. The molecule has 1 aliphatic carbocycles. The average molecular weight is 1140 g/mol. The Kier molecular flexibility index (Phi) is 25.2. The van der Waals surface area contributed by atoms with Gasteiger partial charge in [-0.15, -0.1) is 4.73 Å². The Morgan fingerprint density at radius 1 is 0.718 bits per heavy atom. The minimum Gasteiger partial charge on any atom is -0.492 e. The van der Waals surface area contributed by atoms with Gasteiger partial charge in [0.05, 0.1) is 96.0 Å². The van der Waals surface area contributed by atoms with Gasteiger partial charge in [0.15, 0.2) is 13.1 Å². The number of allylic oxidation sites excluding steroid dienone is 3. The van der Waals surface area contributed by atoms with Gasteiger partial charge in [-0.3, -0.25) is 9.11 Å². The molecule has 0 spiro atoms. The number of hydrogen-bond acceptors (Lipinski definition) is 18. The van der Waals surface area contributed by atoms with Gasteiger partial charge in [-0.2, -0.15) is 16.8 Å². The zero-order valence-electron chi connectivity index (χ0n) is 45.6. The fourth-order valence-corrected chi connectivity index (χ4v) is 9.75. The van der Waals surface area contributed by atoms with Crippen LogP contribution in [0.3, 0.4) is 0 Å². The summed E-state index contributed by atoms with van der Waals surface area (Å²) in [6.45, 7) is 15.5. The first kappa shape index (κ1) is 63.6. The first-order valence-electron chi connectivity index (χ1n) is 25.8. The van der Waals surface area contributed by atoms with E-state index in [-0.39, 0.29) is 42.5 Å². The molecule has 1 aromatic carbocycles. The van der Waals surface area contributed by atoms with Crippen molar-refractivity contribution in [2.75, 3.05) is 137 Å².